The van der Waals surface area contributed by atoms with Gasteiger partial charge in [-0.05, 0) is 31.3 Å². The number of sulfonamides is 1. The Morgan fingerprint density at radius 2 is 1.88 bits per heavy atom. The number of halogens is 3. The maximum Gasteiger partial charge on any atom is 0.471 e. The Labute approximate surface area is 139 Å². The minimum Gasteiger partial charge on any atom is -0.329 e. The third-order valence-electron chi connectivity index (χ3n) is 3.20. The van der Waals surface area contributed by atoms with E-state index in [1.54, 1.807) is 0 Å². The zero-order chi connectivity index (χ0) is 18.2. The Morgan fingerprint density at radius 3 is 2.44 bits per heavy atom. The molecule has 2 aromatic heterocycles. The fourth-order valence-electron chi connectivity index (χ4n) is 1.92. The highest BCUT2D eigenvalue weighted by atomic mass is 32.2. The molecule has 0 saturated heterocycles. The van der Waals surface area contributed by atoms with Crippen molar-refractivity contribution in [2.45, 2.75) is 11.1 Å². The second-order valence-electron chi connectivity index (χ2n) is 4.80. The molecule has 0 saturated carbocycles. The number of nitrogens with one attached hydrogen (secondary N) is 1. The summed E-state index contributed by atoms with van der Waals surface area (Å²) in [6, 6.07) is 5.99. The van der Waals surface area contributed by atoms with Crippen molar-refractivity contribution in [2.24, 2.45) is 0 Å². The molecule has 0 bridgehead atoms. The standard InChI is InChI=1S/C13H10F3N5O3S/c1-17-25(22,23)10-6-18-21(7-10)9-4-2-8(3-5-9)11-19-12(24-20-11)13(14,15)16/h2-7,17H,1H3. The summed E-state index contributed by atoms with van der Waals surface area (Å²) < 4.78 is 68.4. The monoisotopic (exact) mass is 373 g/mol. The lowest BCUT2D eigenvalue weighted by atomic mass is 10.2. The number of hydrogen-bond donors (Lipinski definition) is 1. The molecular formula is C13H10F3N5O3S. The average Bonchev–Trinajstić information content (AvgIpc) is 3.24. The Bertz CT molecular complexity index is 993. The molecule has 0 aliphatic heterocycles. The molecule has 2 heterocycles. The quantitative estimate of drug-likeness (QED) is 0.749. The molecule has 0 atom stereocenters. The minimum absolute atomic E-state index is 0.0212. The lowest BCUT2D eigenvalue weighted by Crippen LogP contribution is -2.17. The van der Waals surface area contributed by atoms with Gasteiger partial charge in [-0.25, -0.2) is 17.8 Å². The summed E-state index contributed by atoms with van der Waals surface area (Å²) in [6.45, 7) is 0. The van der Waals surface area contributed by atoms with Crippen molar-refractivity contribution in [1.82, 2.24) is 24.6 Å². The van der Waals surface area contributed by atoms with Crippen molar-refractivity contribution in [3.05, 3.63) is 42.5 Å². The van der Waals surface area contributed by atoms with Gasteiger partial charge in [-0.1, -0.05) is 5.16 Å². The van der Waals surface area contributed by atoms with Crippen molar-refractivity contribution >= 4 is 10.0 Å². The lowest BCUT2D eigenvalue weighted by molar-refractivity contribution is -0.159. The van der Waals surface area contributed by atoms with Gasteiger partial charge in [0.25, 0.3) is 0 Å². The van der Waals surface area contributed by atoms with Crippen LogP contribution in [-0.2, 0) is 16.2 Å². The average molecular weight is 373 g/mol. The van der Waals surface area contributed by atoms with Gasteiger partial charge in [-0.2, -0.15) is 23.3 Å². The molecule has 12 heteroatoms. The SMILES string of the molecule is CNS(=O)(=O)c1cnn(-c2ccc(-c3noc(C(F)(F)F)n3)cc2)c1. The van der Waals surface area contributed by atoms with Crippen molar-refractivity contribution in [2.75, 3.05) is 7.05 Å². The van der Waals surface area contributed by atoms with Crippen LogP contribution in [0.1, 0.15) is 5.89 Å². The highest BCUT2D eigenvalue weighted by Crippen LogP contribution is 2.29. The molecule has 0 radical (unpaired) electrons. The first-order chi connectivity index (χ1) is 11.7. The molecule has 3 rings (SSSR count). The van der Waals surface area contributed by atoms with Crippen molar-refractivity contribution in [3.8, 4) is 17.1 Å². The molecular weight excluding hydrogens is 363 g/mol. The van der Waals surface area contributed by atoms with Gasteiger partial charge in [0.05, 0.1) is 18.1 Å². The third kappa shape index (κ3) is 3.39. The molecule has 0 fully saturated rings. The molecule has 1 N–H and O–H groups in total. The van der Waals surface area contributed by atoms with Gasteiger partial charge in [0, 0.05) is 5.56 Å². The van der Waals surface area contributed by atoms with E-state index in [-0.39, 0.29) is 10.7 Å². The zero-order valence-corrected chi connectivity index (χ0v) is 13.3. The van der Waals surface area contributed by atoms with Gasteiger partial charge in [-0.3, -0.25) is 0 Å². The van der Waals surface area contributed by atoms with Crippen LogP contribution in [0.2, 0.25) is 0 Å². The summed E-state index contributed by atoms with van der Waals surface area (Å²) in [5.74, 6) is -1.64. The number of rotatable bonds is 4. The maximum absolute atomic E-state index is 12.5. The van der Waals surface area contributed by atoms with Gasteiger partial charge in [-0.15, -0.1) is 0 Å². The first kappa shape index (κ1) is 17.1. The number of hydrogen-bond acceptors (Lipinski definition) is 6. The number of alkyl halides is 3. The van der Waals surface area contributed by atoms with Crippen LogP contribution >= 0.6 is 0 Å². The van der Waals surface area contributed by atoms with E-state index in [1.807, 2.05) is 0 Å². The van der Waals surface area contributed by atoms with Crippen LogP contribution in [0.15, 0.2) is 46.1 Å². The summed E-state index contributed by atoms with van der Waals surface area (Å²) in [5, 5.41) is 7.23. The first-order valence-corrected chi connectivity index (χ1v) is 8.19. The molecule has 0 amide bonds. The summed E-state index contributed by atoms with van der Waals surface area (Å²) in [4.78, 5) is 3.27. The molecule has 1 aromatic carbocycles. The molecule has 132 valence electrons. The van der Waals surface area contributed by atoms with Crippen LogP contribution in [0.5, 0.6) is 0 Å². The van der Waals surface area contributed by atoms with Crippen LogP contribution < -0.4 is 4.72 Å². The Balaban J connectivity index is 1.87. The topological polar surface area (TPSA) is 103 Å². The van der Waals surface area contributed by atoms with Crippen molar-refractivity contribution in [1.29, 1.82) is 0 Å². The first-order valence-electron chi connectivity index (χ1n) is 6.70. The van der Waals surface area contributed by atoms with E-state index in [0.717, 1.165) is 0 Å². The Kier molecular flexibility index (Phi) is 4.08. The van der Waals surface area contributed by atoms with Crippen molar-refractivity contribution < 1.29 is 26.1 Å². The van der Waals surface area contributed by atoms with Gasteiger partial charge in [0.15, 0.2) is 0 Å². The highest BCUT2D eigenvalue weighted by Gasteiger charge is 2.38. The molecule has 8 nitrogen and oxygen atoms in total. The normalized spacial score (nSPS) is 12.5. The molecule has 0 unspecified atom stereocenters. The summed E-state index contributed by atoms with van der Waals surface area (Å²) in [5.41, 5.74) is 0.805. The van der Waals surface area contributed by atoms with E-state index in [9.17, 15) is 21.6 Å². The van der Waals surface area contributed by atoms with E-state index < -0.39 is 22.1 Å². The largest absolute Gasteiger partial charge is 0.471 e. The molecule has 0 aliphatic rings. The van der Waals surface area contributed by atoms with Gasteiger partial charge in [0.1, 0.15) is 4.90 Å². The predicted molar refractivity (Wildman–Crippen MR) is 78.1 cm³/mol. The number of nitrogens with zero attached hydrogens (tertiary/aromatic N) is 4. The van der Waals surface area contributed by atoms with E-state index in [4.69, 9.17) is 0 Å². The van der Waals surface area contributed by atoms with Crippen molar-refractivity contribution in [3.63, 3.8) is 0 Å². The second-order valence-corrected chi connectivity index (χ2v) is 6.68. The van der Waals surface area contributed by atoms with Gasteiger partial charge in [0.2, 0.25) is 15.8 Å². The Hall–Kier alpha value is -2.73. The number of benzene rings is 1. The lowest BCUT2D eigenvalue weighted by Gasteiger charge is -2.02. The molecule has 25 heavy (non-hydrogen) atoms. The fraction of sp³-hybridized carbons (Fsp3) is 0.154. The zero-order valence-electron chi connectivity index (χ0n) is 12.5. The Morgan fingerprint density at radius 1 is 1.20 bits per heavy atom. The third-order valence-corrected chi connectivity index (χ3v) is 4.57. The van der Waals surface area contributed by atoms with E-state index in [0.29, 0.717) is 11.3 Å². The summed E-state index contributed by atoms with van der Waals surface area (Å²) >= 11 is 0. The number of aromatic nitrogens is 4. The van der Waals surface area contributed by atoms with Crippen LogP contribution in [0.3, 0.4) is 0 Å². The molecule has 0 aliphatic carbocycles. The van der Waals surface area contributed by atoms with Gasteiger partial charge >= 0.3 is 12.1 Å². The fourth-order valence-corrected chi connectivity index (χ4v) is 2.58. The van der Waals surface area contributed by atoms with Crippen LogP contribution in [0.25, 0.3) is 17.1 Å². The second kappa shape index (κ2) is 5.97. The summed E-state index contributed by atoms with van der Waals surface area (Å²) in [7, 11) is -2.34. The van der Waals surface area contributed by atoms with Crippen LogP contribution in [0, 0.1) is 0 Å². The molecule has 0 spiro atoms. The molecule has 3 aromatic rings. The summed E-state index contributed by atoms with van der Waals surface area (Å²) in [6.07, 6.45) is -2.24. The van der Waals surface area contributed by atoms with Gasteiger partial charge < -0.3 is 4.52 Å². The van der Waals surface area contributed by atoms with E-state index >= 15 is 0 Å². The maximum atomic E-state index is 12.5. The highest BCUT2D eigenvalue weighted by molar-refractivity contribution is 7.89. The smallest absolute Gasteiger partial charge is 0.329 e. The van der Waals surface area contributed by atoms with E-state index in [1.165, 1.54) is 48.4 Å². The van der Waals surface area contributed by atoms with E-state index in [2.05, 4.69) is 24.5 Å². The van der Waals surface area contributed by atoms with Crippen LogP contribution in [-0.4, -0.2) is 35.4 Å². The predicted octanol–water partition coefficient (Wildman–Crippen LogP) is 1.85. The minimum atomic E-state index is -4.71. The van der Waals surface area contributed by atoms with Crippen LogP contribution in [0.4, 0.5) is 13.2 Å².